The Balaban J connectivity index is 1.91. The maximum absolute atomic E-state index is 10.5. The maximum atomic E-state index is 10.5. The number of nitrogens with one attached hydrogen (secondary N) is 1. The highest BCUT2D eigenvalue weighted by Gasteiger charge is 2.07. The molecule has 5 nitrogen and oxygen atoms in total. The molecule has 0 aliphatic carbocycles. The van der Waals surface area contributed by atoms with Crippen LogP contribution in [-0.4, -0.2) is 26.3 Å². The van der Waals surface area contributed by atoms with Crippen LogP contribution in [0.15, 0.2) is 35.5 Å². The number of benzene rings is 1. The molecule has 0 unspecified atom stereocenters. The standard InChI is InChI=1S/C11H11N3O2S/c15-10(16)6-9-12-11(14-13-9)17-7-8-4-2-1-3-5-8/h1-5H,6-7H2,(H,15,16)(H,12,13,14). The van der Waals surface area contributed by atoms with Gasteiger partial charge in [-0.25, -0.2) is 4.98 Å². The van der Waals surface area contributed by atoms with Gasteiger partial charge in [-0.3, -0.25) is 9.89 Å². The van der Waals surface area contributed by atoms with Crippen molar-refractivity contribution in [2.45, 2.75) is 17.3 Å². The topological polar surface area (TPSA) is 78.9 Å². The van der Waals surface area contributed by atoms with Crippen molar-refractivity contribution in [3.63, 3.8) is 0 Å². The van der Waals surface area contributed by atoms with Crippen molar-refractivity contribution < 1.29 is 9.90 Å². The fourth-order valence-electron chi connectivity index (χ4n) is 1.29. The molecule has 0 saturated heterocycles. The van der Waals surface area contributed by atoms with Crippen molar-refractivity contribution in [1.82, 2.24) is 15.2 Å². The number of carboxylic acid groups (broad SMARTS) is 1. The molecule has 1 heterocycles. The third-order valence-electron chi connectivity index (χ3n) is 2.04. The van der Waals surface area contributed by atoms with Gasteiger partial charge in [0, 0.05) is 5.75 Å². The Labute approximate surface area is 102 Å². The normalized spacial score (nSPS) is 10.4. The predicted octanol–water partition coefficient (Wildman–Crippen LogP) is 1.72. The highest BCUT2D eigenvalue weighted by Crippen LogP contribution is 2.18. The Hall–Kier alpha value is -1.82. The van der Waals surface area contributed by atoms with E-state index in [1.54, 1.807) is 0 Å². The van der Waals surface area contributed by atoms with E-state index in [4.69, 9.17) is 5.11 Å². The van der Waals surface area contributed by atoms with Gasteiger partial charge in [-0.2, -0.15) is 0 Å². The van der Waals surface area contributed by atoms with Crippen LogP contribution in [0.4, 0.5) is 0 Å². The molecule has 1 aromatic heterocycles. The zero-order valence-corrected chi connectivity index (χ0v) is 9.78. The number of aromatic nitrogens is 3. The molecule has 1 aromatic carbocycles. The van der Waals surface area contributed by atoms with Gasteiger partial charge in [-0.1, -0.05) is 42.1 Å². The van der Waals surface area contributed by atoms with E-state index in [1.807, 2.05) is 30.3 Å². The second kappa shape index (κ2) is 5.49. The molecule has 0 saturated carbocycles. The average molecular weight is 249 g/mol. The van der Waals surface area contributed by atoms with Crippen molar-refractivity contribution in [1.29, 1.82) is 0 Å². The fraction of sp³-hybridized carbons (Fsp3) is 0.182. The minimum Gasteiger partial charge on any atom is -0.481 e. The number of hydrogen-bond acceptors (Lipinski definition) is 4. The van der Waals surface area contributed by atoms with Gasteiger partial charge in [0.25, 0.3) is 0 Å². The van der Waals surface area contributed by atoms with Gasteiger partial charge in [0.1, 0.15) is 12.2 Å². The molecule has 0 bridgehead atoms. The molecule has 0 aliphatic heterocycles. The number of carbonyl (C=O) groups is 1. The summed E-state index contributed by atoms with van der Waals surface area (Å²) in [4.78, 5) is 14.5. The number of hydrogen-bond donors (Lipinski definition) is 2. The van der Waals surface area contributed by atoms with Crippen LogP contribution in [0.3, 0.4) is 0 Å². The third-order valence-corrected chi connectivity index (χ3v) is 2.96. The van der Waals surface area contributed by atoms with Gasteiger partial charge < -0.3 is 5.11 Å². The second-order valence-electron chi connectivity index (χ2n) is 3.41. The minimum atomic E-state index is -0.916. The Morgan fingerprint density at radius 2 is 2.12 bits per heavy atom. The Bertz CT molecular complexity index is 498. The van der Waals surface area contributed by atoms with E-state index in [0.29, 0.717) is 11.0 Å². The van der Waals surface area contributed by atoms with Crippen LogP contribution in [0.2, 0.25) is 0 Å². The van der Waals surface area contributed by atoms with Crippen LogP contribution in [0.25, 0.3) is 0 Å². The summed E-state index contributed by atoms with van der Waals surface area (Å²) in [7, 11) is 0. The smallest absolute Gasteiger partial charge is 0.311 e. The lowest BCUT2D eigenvalue weighted by molar-refractivity contribution is -0.136. The van der Waals surface area contributed by atoms with Crippen molar-refractivity contribution in [2.24, 2.45) is 0 Å². The summed E-state index contributed by atoms with van der Waals surface area (Å²) >= 11 is 1.48. The predicted molar refractivity (Wildman–Crippen MR) is 63.7 cm³/mol. The highest BCUT2D eigenvalue weighted by atomic mass is 32.2. The molecule has 88 valence electrons. The molecule has 0 fully saturated rings. The molecule has 0 atom stereocenters. The summed E-state index contributed by atoms with van der Waals surface area (Å²) in [6.45, 7) is 0. The molecular formula is C11H11N3O2S. The second-order valence-corrected chi connectivity index (χ2v) is 4.35. The molecule has 0 radical (unpaired) electrons. The largest absolute Gasteiger partial charge is 0.481 e. The van der Waals surface area contributed by atoms with Gasteiger partial charge in [0.05, 0.1) is 0 Å². The van der Waals surface area contributed by atoms with Crippen LogP contribution in [0, 0.1) is 0 Å². The molecule has 0 aliphatic rings. The first-order valence-electron chi connectivity index (χ1n) is 5.04. The van der Waals surface area contributed by atoms with Crippen LogP contribution in [-0.2, 0) is 17.0 Å². The lowest BCUT2D eigenvalue weighted by Crippen LogP contribution is -2.01. The molecule has 2 rings (SSSR count). The van der Waals surface area contributed by atoms with E-state index in [2.05, 4.69) is 15.2 Å². The van der Waals surface area contributed by atoms with E-state index in [1.165, 1.54) is 17.3 Å². The number of H-pyrrole nitrogens is 1. The van der Waals surface area contributed by atoms with Crippen molar-refractivity contribution in [3.05, 3.63) is 41.7 Å². The number of carboxylic acids is 1. The Kier molecular flexibility index (Phi) is 3.77. The van der Waals surface area contributed by atoms with E-state index in [9.17, 15) is 4.79 Å². The quantitative estimate of drug-likeness (QED) is 0.789. The van der Waals surface area contributed by atoms with Gasteiger partial charge >= 0.3 is 5.97 Å². The fourth-order valence-corrected chi connectivity index (χ4v) is 2.06. The summed E-state index contributed by atoms with van der Waals surface area (Å²) in [6.07, 6.45) is -0.126. The molecule has 0 amide bonds. The van der Waals surface area contributed by atoms with E-state index in [0.717, 1.165) is 5.75 Å². The number of thioether (sulfide) groups is 1. The Morgan fingerprint density at radius 3 is 2.82 bits per heavy atom. The molecule has 17 heavy (non-hydrogen) atoms. The summed E-state index contributed by atoms with van der Waals surface area (Å²) in [6, 6.07) is 9.97. The van der Waals surface area contributed by atoms with Crippen LogP contribution >= 0.6 is 11.8 Å². The van der Waals surface area contributed by atoms with E-state index < -0.39 is 5.97 Å². The first-order valence-corrected chi connectivity index (χ1v) is 6.02. The zero-order chi connectivity index (χ0) is 12.1. The van der Waals surface area contributed by atoms with Crippen LogP contribution in [0.1, 0.15) is 11.4 Å². The summed E-state index contributed by atoms with van der Waals surface area (Å²) < 4.78 is 0. The van der Waals surface area contributed by atoms with E-state index >= 15 is 0 Å². The Morgan fingerprint density at radius 1 is 1.35 bits per heavy atom. The number of aromatic amines is 1. The summed E-state index contributed by atoms with van der Waals surface area (Å²) in [5.41, 5.74) is 1.18. The van der Waals surface area contributed by atoms with Crippen molar-refractivity contribution >= 4 is 17.7 Å². The van der Waals surface area contributed by atoms with Gasteiger partial charge in [-0.05, 0) is 5.56 Å². The number of nitrogens with zero attached hydrogens (tertiary/aromatic N) is 2. The van der Waals surface area contributed by atoms with Crippen molar-refractivity contribution in [3.8, 4) is 0 Å². The minimum absolute atomic E-state index is 0.126. The van der Waals surface area contributed by atoms with Gasteiger partial charge in [-0.15, -0.1) is 5.10 Å². The first kappa shape index (κ1) is 11.7. The van der Waals surface area contributed by atoms with Gasteiger partial charge in [0.15, 0.2) is 0 Å². The molecule has 6 heteroatoms. The van der Waals surface area contributed by atoms with E-state index in [-0.39, 0.29) is 6.42 Å². The monoisotopic (exact) mass is 249 g/mol. The average Bonchev–Trinajstić information content (AvgIpc) is 2.75. The molecular weight excluding hydrogens is 238 g/mol. The lowest BCUT2D eigenvalue weighted by Gasteiger charge is -1.96. The molecule has 0 spiro atoms. The third kappa shape index (κ3) is 3.60. The number of aliphatic carboxylic acids is 1. The summed E-state index contributed by atoms with van der Waals surface area (Å²) in [5, 5.41) is 15.7. The van der Waals surface area contributed by atoms with Crippen LogP contribution in [0.5, 0.6) is 0 Å². The first-order chi connectivity index (χ1) is 8.24. The van der Waals surface area contributed by atoms with Crippen LogP contribution < -0.4 is 0 Å². The lowest BCUT2D eigenvalue weighted by atomic mass is 10.2. The summed E-state index contributed by atoms with van der Waals surface area (Å²) in [5.74, 6) is 0.236. The van der Waals surface area contributed by atoms with Gasteiger partial charge in [0.2, 0.25) is 5.16 Å². The van der Waals surface area contributed by atoms with Crippen molar-refractivity contribution in [2.75, 3.05) is 0 Å². The number of rotatable bonds is 5. The molecule has 2 aromatic rings. The SMILES string of the molecule is O=C(O)Cc1nc(SCc2ccccc2)n[nH]1. The molecule has 2 N–H and O–H groups in total. The maximum Gasteiger partial charge on any atom is 0.311 e. The highest BCUT2D eigenvalue weighted by molar-refractivity contribution is 7.98. The zero-order valence-electron chi connectivity index (χ0n) is 8.96.